The van der Waals surface area contributed by atoms with Crippen LogP contribution in [0.2, 0.25) is 0 Å². The summed E-state index contributed by atoms with van der Waals surface area (Å²) < 4.78 is 0. The van der Waals surface area contributed by atoms with Gasteiger partial charge in [-0.1, -0.05) is 12.1 Å². The van der Waals surface area contributed by atoms with Crippen LogP contribution in [0, 0.1) is 10.1 Å². The lowest BCUT2D eigenvalue weighted by Gasteiger charge is -1.95. The van der Waals surface area contributed by atoms with E-state index in [-0.39, 0.29) is 36.1 Å². The summed E-state index contributed by atoms with van der Waals surface area (Å²) in [6, 6.07) is 5.55. The summed E-state index contributed by atoms with van der Waals surface area (Å²) in [6.45, 7) is 0. The van der Waals surface area contributed by atoms with Crippen LogP contribution in [-0.2, 0) is 0 Å². The van der Waals surface area contributed by atoms with Crippen molar-refractivity contribution < 1.29 is 9.72 Å². The smallest absolute Gasteiger partial charge is 0.282 e. The van der Waals surface area contributed by atoms with E-state index in [1.165, 1.54) is 24.3 Å². The van der Waals surface area contributed by atoms with Gasteiger partial charge in [-0.15, -0.1) is 24.8 Å². The van der Waals surface area contributed by atoms with Gasteiger partial charge in [0, 0.05) is 6.07 Å². The van der Waals surface area contributed by atoms with Crippen molar-refractivity contribution in [2.45, 2.75) is 0 Å². The first-order chi connectivity index (χ1) is 5.63. The number of halogens is 2. The average Bonchev–Trinajstić information content (AvgIpc) is 2.04. The zero-order valence-electron chi connectivity index (χ0n) is 6.88. The topological polar surface area (TPSA) is 86.2 Å². The van der Waals surface area contributed by atoms with E-state index in [2.05, 4.69) is 0 Å². The second-order valence-corrected chi connectivity index (χ2v) is 2.14. The first-order valence-electron chi connectivity index (χ1n) is 3.16. The van der Waals surface area contributed by atoms with Crippen LogP contribution in [0.15, 0.2) is 24.3 Å². The number of para-hydroxylation sites is 1. The Balaban J connectivity index is 0. The average molecular weight is 239 g/mol. The summed E-state index contributed by atoms with van der Waals surface area (Å²) in [4.78, 5) is 20.3. The number of nitro benzene ring substituents is 1. The highest BCUT2D eigenvalue weighted by molar-refractivity contribution is 5.96. The molecule has 1 aromatic rings. The molecule has 0 spiro atoms. The van der Waals surface area contributed by atoms with Crippen molar-refractivity contribution in [1.29, 1.82) is 0 Å². The minimum atomic E-state index is -0.790. The molecule has 1 aromatic carbocycles. The van der Waals surface area contributed by atoms with Gasteiger partial charge in [-0.3, -0.25) is 14.9 Å². The first kappa shape index (κ1) is 15.2. The van der Waals surface area contributed by atoms with E-state index in [0.29, 0.717) is 0 Å². The fourth-order valence-electron chi connectivity index (χ4n) is 0.841. The predicted octanol–water partition coefficient (Wildman–Crippen LogP) is 1.54. The Morgan fingerprint density at radius 2 is 1.79 bits per heavy atom. The molecule has 0 bridgehead atoms. The third-order valence-electron chi connectivity index (χ3n) is 1.37. The lowest BCUT2D eigenvalue weighted by Crippen LogP contribution is -2.12. The van der Waals surface area contributed by atoms with Crippen LogP contribution in [0.1, 0.15) is 10.4 Å². The molecule has 0 aromatic heterocycles. The largest absolute Gasteiger partial charge is 0.365 e. The Hall–Kier alpha value is -1.33. The van der Waals surface area contributed by atoms with Crippen LogP contribution in [-0.4, -0.2) is 10.8 Å². The number of nitrogens with two attached hydrogens (primary N) is 1. The van der Waals surface area contributed by atoms with Gasteiger partial charge in [0.05, 0.1) is 4.92 Å². The number of primary amides is 1. The van der Waals surface area contributed by atoms with Crippen molar-refractivity contribution in [3.8, 4) is 0 Å². The SMILES string of the molecule is Cl.Cl.NC(=O)c1ccccc1[N+](=O)[O-]. The lowest BCUT2D eigenvalue weighted by atomic mass is 10.2. The Kier molecular flexibility index (Phi) is 6.68. The van der Waals surface area contributed by atoms with E-state index >= 15 is 0 Å². The molecule has 0 fully saturated rings. The molecule has 0 aliphatic heterocycles. The minimum absolute atomic E-state index is 0. The number of nitro groups is 1. The van der Waals surface area contributed by atoms with Crippen LogP contribution in [0.4, 0.5) is 5.69 Å². The molecular formula is C7H8Cl2N2O3. The van der Waals surface area contributed by atoms with Gasteiger partial charge >= 0.3 is 0 Å². The number of hydrogen-bond donors (Lipinski definition) is 1. The van der Waals surface area contributed by atoms with Crippen LogP contribution in [0.3, 0.4) is 0 Å². The standard InChI is InChI=1S/C7H6N2O3.2ClH/c8-7(10)5-3-1-2-4-6(5)9(11)12;;/h1-4H,(H2,8,10);2*1H. The molecule has 0 aliphatic rings. The van der Waals surface area contributed by atoms with Gasteiger partial charge in [0.2, 0.25) is 0 Å². The van der Waals surface area contributed by atoms with Crippen molar-refractivity contribution >= 4 is 36.4 Å². The van der Waals surface area contributed by atoms with Gasteiger partial charge in [0.25, 0.3) is 11.6 Å². The van der Waals surface area contributed by atoms with Gasteiger partial charge < -0.3 is 5.73 Å². The Bertz CT molecular complexity index is 310. The normalized spacial score (nSPS) is 8.00. The number of carbonyl (C=O) groups is 1. The number of carbonyl (C=O) groups excluding carboxylic acids is 1. The number of benzene rings is 1. The second-order valence-electron chi connectivity index (χ2n) is 2.14. The maximum atomic E-state index is 10.6. The van der Waals surface area contributed by atoms with E-state index in [1.54, 1.807) is 0 Å². The minimum Gasteiger partial charge on any atom is -0.365 e. The van der Waals surface area contributed by atoms with E-state index in [0.717, 1.165) is 0 Å². The van der Waals surface area contributed by atoms with Crippen molar-refractivity contribution in [1.82, 2.24) is 0 Å². The molecule has 5 nitrogen and oxygen atoms in total. The molecular weight excluding hydrogens is 231 g/mol. The highest BCUT2D eigenvalue weighted by Gasteiger charge is 2.15. The van der Waals surface area contributed by atoms with Crippen LogP contribution >= 0.6 is 24.8 Å². The van der Waals surface area contributed by atoms with Crippen molar-refractivity contribution in [3.63, 3.8) is 0 Å². The maximum absolute atomic E-state index is 10.6. The third-order valence-corrected chi connectivity index (χ3v) is 1.37. The fraction of sp³-hybridized carbons (Fsp3) is 0. The molecule has 1 rings (SSSR count). The molecule has 0 radical (unpaired) electrons. The fourth-order valence-corrected chi connectivity index (χ4v) is 0.841. The highest BCUT2D eigenvalue weighted by Crippen LogP contribution is 2.16. The molecule has 1 amide bonds. The number of nitrogens with zero attached hydrogens (tertiary/aromatic N) is 1. The van der Waals surface area contributed by atoms with E-state index in [9.17, 15) is 14.9 Å². The van der Waals surface area contributed by atoms with Crippen LogP contribution in [0.5, 0.6) is 0 Å². The summed E-state index contributed by atoms with van der Waals surface area (Å²) in [5, 5.41) is 10.3. The number of rotatable bonds is 2. The zero-order valence-corrected chi connectivity index (χ0v) is 8.51. The molecule has 0 atom stereocenters. The molecule has 0 unspecified atom stereocenters. The molecule has 78 valence electrons. The van der Waals surface area contributed by atoms with E-state index in [4.69, 9.17) is 5.73 Å². The first-order valence-corrected chi connectivity index (χ1v) is 3.16. The van der Waals surface area contributed by atoms with Crippen LogP contribution < -0.4 is 5.73 Å². The molecule has 0 heterocycles. The maximum Gasteiger partial charge on any atom is 0.282 e. The van der Waals surface area contributed by atoms with Gasteiger partial charge in [-0.2, -0.15) is 0 Å². The molecule has 14 heavy (non-hydrogen) atoms. The van der Waals surface area contributed by atoms with Gasteiger partial charge in [0.1, 0.15) is 5.56 Å². The quantitative estimate of drug-likeness (QED) is 0.627. The van der Waals surface area contributed by atoms with E-state index < -0.39 is 10.8 Å². The predicted molar refractivity (Wildman–Crippen MR) is 56.1 cm³/mol. The van der Waals surface area contributed by atoms with Crippen molar-refractivity contribution in [2.24, 2.45) is 5.73 Å². The van der Waals surface area contributed by atoms with Gasteiger partial charge in [0.15, 0.2) is 0 Å². The molecule has 0 saturated heterocycles. The molecule has 0 aliphatic carbocycles. The summed E-state index contributed by atoms with van der Waals surface area (Å²) in [7, 11) is 0. The molecule has 0 saturated carbocycles. The van der Waals surface area contributed by atoms with Crippen LogP contribution in [0.25, 0.3) is 0 Å². The Morgan fingerprint density at radius 3 is 2.14 bits per heavy atom. The monoisotopic (exact) mass is 238 g/mol. The summed E-state index contributed by atoms with van der Waals surface area (Å²) in [6.07, 6.45) is 0. The van der Waals surface area contributed by atoms with Crippen molar-refractivity contribution in [2.75, 3.05) is 0 Å². The summed E-state index contributed by atoms with van der Waals surface area (Å²) in [5.41, 5.74) is 4.58. The molecule has 7 heteroatoms. The second kappa shape index (κ2) is 6.17. The number of amides is 1. The van der Waals surface area contributed by atoms with Gasteiger partial charge in [-0.05, 0) is 6.07 Å². The van der Waals surface area contributed by atoms with Crippen molar-refractivity contribution in [3.05, 3.63) is 39.9 Å². The zero-order chi connectivity index (χ0) is 9.14. The lowest BCUT2D eigenvalue weighted by molar-refractivity contribution is -0.385. The summed E-state index contributed by atoms with van der Waals surface area (Å²) >= 11 is 0. The third kappa shape index (κ3) is 3.20. The van der Waals surface area contributed by atoms with E-state index in [1.807, 2.05) is 0 Å². The molecule has 2 N–H and O–H groups in total. The Morgan fingerprint density at radius 1 is 1.29 bits per heavy atom. The van der Waals surface area contributed by atoms with Gasteiger partial charge in [-0.25, -0.2) is 0 Å². The highest BCUT2D eigenvalue weighted by atomic mass is 35.5. The Labute approximate surface area is 92.3 Å². The summed E-state index contributed by atoms with van der Waals surface area (Å²) in [5.74, 6) is -0.790. The number of hydrogen-bond acceptors (Lipinski definition) is 3.